The van der Waals surface area contributed by atoms with Crippen LogP contribution in [0.4, 0.5) is 5.69 Å². The Balaban J connectivity index is 1.74. The molecule has 0 aliphatic heterocycles. The van der Waals surface area contributed by atoms with Crippen LogP contribution in [0.1, 0.15) is 25.7 Å². The number of nitrogens with one attached hydrogen (secondary N) is 2. The summed E-state index contributed by atoms with van der Waals surface area (Å²) in [4.78, 5) is 11.9. The zero-order chi connectivity index (χ0) is 15.1. The third-order valence-electron chi connectivity index (χ3n) is 3.98. The molecule has 1 fully saturated rings. The monoisotopic (exact) mass is 292 g/mol. The number of aliphatic hydroxyl groups is 1. The van der Waals surface area contributed by atoms with Gasteiger partial charge in [0.1, 0.15) is 5.75 Å². The Labute approximate surface area is 125 Å². The zero-order valence-electron chi connectivity index (χ0n) is 12.5. The van der Waals surface area contributed by atoms with E-state index in [1.807, 2.05) is 24.3 Å². The molecule has 1 aromatic rings. The molecule has 0 aromatic heterocycles. The van der Waals surface area contributed by atoms with Gasteiger partial charge in [-0.3, -0.25) is 4.79 Å². The van der Waals surface area contributed by atoms with E-state index in [-0.39, 0.29) is 24.5 Å². The van der Waals surface area contributed by atoms with Crippen LogP contribution in [0, 0.1) is 5.92 Å². The maximum Gasteiger partial charge on any atom is 0.239 e. The normalized spacial score (nSPS) is 21.6. The van der Waals surface area contributed by atoms with Crippen molar-refractivity contribution in [2.75, 3.05) is 25.5 Å². The van der Waals surface area contributed by atoms with Gasteiger partial charge in [0.05, 0.1) is 25.4 Å². The molecule has 2 rings (SSSR count). The van der Waals surface area contributed by atoms with E-state index in [1.165, 1.54) is 0 Å². The first kappa shape index (κ1) is 15.6. The van der Waals surface area contributed by atoms with Gasteiger partial charge in [-0.2, -0.15) is 0 Å². The lowest BCUT2D eigenvalue weighted by molar-refractivity contribution is -0.119. The number of carbonyl (C=O) groups is 1. The molecule has 116 valence electrons. The van der Waals surface area contributed by atoms with E-state index < -0.39 is 0 Å². The summed E-state index contributed by atoms with van der Waals surface area (Å²) in [6.07, 6.45) is 3.78. The van der Waals surface area contributed by atoms with Gasteiger partial charge < -0.3 is 20.5 Å². The number of carbonyl (C=O) groups excluding carboxylic acids is 1. The maximum absolute atomic E-state index is 11.9. The number of hydrogen-bond donors (Lipinski definition) is 3. The molecule has 1 amide bonds. The van der Waals surface area contributed by atoms with Crippen LogP contribution in [0.25, 0.3) is 0 Å². The molecule has 0 heterocycles. The van der Waals surface area contributed by atoms with Gasteiger partial charge in [0.25, 0.3) is 0 Å². The third-order valence-corrected chi connectivity index (χ3v) is 3.98. The van der Waals surface area contributed by atoms with Crippen molar-refractivity contribution >= 4 is 11.6 Å². The van der Waals surface area contributed by atoms with E-state index in [2.05, 4.69) is 10.6 Å². The van der Waals surface area contributed by atoms with Gasteiger partial charge in [0.15, 0.2) is 0 Å². The van der Waals surface area contributed by atoms with Crippen molar-refractivity contribution in [2.24, 2.45) is 5.92 Å². The summed E-state index contributed by atoms with van der Waals surface area (Å²) in [7, 11) is 1.60. The molecule has 2 atom stereocenters. The Kier molecular flexibility index (Phi) is 5.87. The predicted octanol–water partition coefficient (Wildman–Crippen LogP) is 1.77. The van der Waals surface area contributed by atoms with Crippen molar-refractivity contribution in [3.63, 3.8) is 0 Å². The molecule has 0 bridgehead atoms. The number of para-hydroxylation sites is 2. The highest BCUT2D eigenvalue weighted by molar-refractivity contribution is 5.81. The lowest BCUT2D eigenvalue weighted by Crippen LogP contribution is -2.38. The van der Waals surface area contributed by atoms with Crippen molar-refractivity contribution in [2.45, 2.75) is 31.8 Å². The Bertz CT molecular complexity index is 465. The highest BCUT2D eigenvalue weighted by atomic mass is 16.5. The number of anilines is 1. The van der Waals surface area contributed by atoms with E-state index >= 15 is 0 Å². The number of ether oxygens (including phenoxy) is 1. The summed E-state index contributed by atoms with van der Waals surface area (Å²) >= 11 is 0. The van der Waals surface area contributed by atoms with Crippen LogP contribution in [0.3, 0.4) is 0 Å². The average molecular weight is 292 g/mol. The highest BCUT2D eigenvalue weighted by Gasteiger charge is 2.23. The third kappa shape index (κ3) is 4.63. The SMILES string of the molecule is COc1ccccc1NCC(=O)NC[C@@H]1CCCC[C@H]1O. The van der Waals surface area contributed by atoms with Gasteiger partial charge >= 0.3 is 0 Å². The predicted molar refractivity (Wildman–Crippen MR) is 82.5 cm³/mol. The summed E-state index contributed by atoms with van der Waals surface area (Å²) in [6.45, 7) is 0.747. The number of amides is 1. The van der Waals surface area contributed by atoms with Crippen LogP contribution < -0.4 is 15.4 Å². The van der Waals surface area contributed by atoms with Crippen LogP contribution >= 0.6 is 0 Å². The quantitative estimate of drug-likeness (QED) is 0.747. The number of methoxy groups -OCH3 is 1. The Hall–Kier alpha value is -1.75. The van der Waals surface area contributed by atoms with Crippen molar-refractivity contribution in [3.8, 4) is 5.75 Å². The van der Waals surface area contributed by atoms with Gasteiger partial charge in [-0.05, 0) is 25.0 Å². The number of aliphatic hydroxyl groups excluding tert-OH is 1. The van der Waals surface area contributed by atoms with Crippen molar-refractivity contribution in [1.82, 2.24) is 5.32 Å². The molecule has 1 saturated carbocycles. The summed E-state index contributed by atoms with van der Waals surface area (Å²) in [5.41, 5.74) is 0.799. The standard InChI is InChI=1S/C16H24N2O3/c1-21-15-9-5-3-7-13(15)17-11-16(20)18-10-12-6-2-4-8-14(12)19/h3,5,7,9,12,14,17,19H,2,4,6,8,10-11H2,1H3,(H,18,20)/t12-,14+/m0/s1. The number of hydrogen-bond acceptors (Lipinski definition) is 4. The molecular formula is C16H24N2O3. The second-order valence-corrected chi connectivity index (χ2v) is 5.47. The van der Waals surface area contributed by atoms with Crippen LogP contribution in [0.2, 0.25) is 0 Å². The minimum absolute atomic E-state index is 0.0707. The van der Waals surface area contributed by atoms with Gasteiger partial charge in [0, 0.05) is 12.5 Å². The molecule has 3 N–H and O–H groups in total. The molecule has 0 radical (unpaired) electrons. The van der Waals surface area contributed by atoms with E-state index in [0.717, 1.165) is 31.4 Å². The minimum atomic E-state index is -0.277. The van der Waals surface area contributed by atoms with Crippen LogP contribution in [0.15, 0.2) is 24.3 Å². The maximum atomic E-state index is 11.9. The fourth-order valence-corrected chi connectivity index (χ4v) is 2.70. The second kappa shape index (κ2) is 7.88. The molecule has 0 saturated heterocycles. The van der Waals surface area contributed by atoms with Gasteiger partial charge in [-0.15, -0.1) is 0 Å². The van der Waals surface area contributed by atoms with Crippen molar-refractivity contribution < 1.29 is 14.6 Å². The first-order valence-corrected chi connectivity index (χ1v) is 7.52. The van der Waals surface area contributed by atoms with Gasteiger partial charge in [-0.1, -0.05) is 25.0 Å². The average Bonchev–Trinajstić information content (AvgIpc) is 2.52. The number of benzene rings is 1. The Morgan fingerprint density at radius 3 is 2.86 bits per heavy atom. The number of rotatable bonds is 6. The van der Waals surface area contributed by atoms with E-state index in [1.54, 1.807) is 7.11 Å². The van der Waals surface area contributed by atoms with Crippen LogP contribution in [-0.4, -0.2) is 37.3 Å². The highest BCUT2D eigenvalue weighted by Crippen LogP contribution is 2.24. The zero-order valence-corrected chi connectivity index (χ0v) is 12.5. The molecule has 5 heteroatoms. The van der Waals surface area contributed by atoms with Crippen molar-refractivity contribution in [3.05, 3.63) is 24.3 Å². The lowest BCUT2D eigenvalue weighted by atomic mass is 9.86. The Morgan fingerprint density at radius 2 is 2.10 bits per heavy atom. The van der Waals surface area contributed by atoms with Crippen LogP contribution in [-0.2, 0) is 4.79 Å². The summed E-state index contributed by atoms with van der Waals surface area (Å²) in [5.74, 6) is 0.834. The molecule has 0 unspecified atom stereocenters. The Morgan fingerprint density at radius 1 is 1.33 bits per heavy atom. The molecular weight excluding hydrogens is 268 g/mol. The largest absolute Gasteiger partial charge is 0.495 e. The summed E-state index contributed by atoms with van der Waals surface area (Å²) < 4.78 is 5.22. The molecule has 21 heavy (non-hydrogen) atoms. The van der Waals surface area contributed by atoms with E-state index in [4.69, 9.17) is 4.74 Å². The minimum Gasteiger partial charge on any atom is -0.495 e. The van der Waals surface area contributed by atoms with Gasteiger partial charge in [-0.25, -0.2) is 0 Å². The molecule has 1 aromatic carbocycles. The summed E-state index contributed by atoms with van der Waals surface area (Å²) in [5, 5.41) is 15.8. The van der Waals surface area contributed by atoms with Crippen molar-refractivity contribution in [1.29, 1.82) is 0 Å². The first-order valence-electron chi connectivity index (χ1n) is 7.52. The lowest BCUT2D eigenvalue weighted by Gasteiger charge is -2.27. The first-order chi connectivity index (χ1) is 10.2. The topological polar surface area (TPSA) is 70.6 Å². The van der Waals surface area contributed by atoms with Crippen LogP contribution in [0.5, 0.6) is 5.75 Å². The molecule has 5 nitrogen and oxygen atoms in total. The second-order valence-electron chi connectivity index (χ2n) is 5.47. The molecule has 1 aliphatic rings. The van der Waals surface area contributed by atoms with Gasteiger partial charge in [0.2, 0.25) is 5.91 Å². The van der Waals surface area contributed by atoms with E-state index in [9.17, 15) is 9.90 Å². The fraction of sp³-hybridized carbons (Fsp3) is 0.562. The molecule has 1 aliphatic carbocycles. The molecule has 0 spiro atoms. The fourth-order valence-electron chi connectivity index (χ4n) is 2.70. The summed E-state index contributed by atoms with van der Waals surface area (Å²) in [6, 6.07) is 7.49. The van der Waals surface area contributed by atoms with E-state index in [0.29, 0.717) is 12.3 Å². The smallest absolute Gasteiger partial charge is 0.239 e.